The molecule has 0 heterocycles. The van der Waals surface area contributed by atoms with Gasteiger partial charge in [0.1, 0.15) is 6.10 Å². The molecule has 0 fully saturated rings. The number of anilines is 1. The van der Waals surface area contributed by atoms with Gasteiger partial charge in [0.15, 0.2) is 0 Å². The van der Waals surface area contributed by atoms with Crippen LogP contribution in [0.4, 0.5) is 5.69 Å². The summed E-state index contributed by atoms with van der Waals surface area (Å²) in [5.74, 6) is -0.398. The van der Waals surface area contributed by atoms with Crippen LogP contribution < -0.4 is 10.6 Å². The van der Waals surface area contributed by atoms with Crippen LogP contribution in [0.3, 0.4) is 0 Å². The van der Waals surface area contributed by atoms with Crippen molar-refractivity contribution in [2.45, 2.75) is 19.4 Å². The Morgan fingerprint density at radius 2 is 2.05 bits per heavy atom. The zero-order chi connectivity index (χ0) is 15.7. The van der Waals surface area contributed by atoms with Crippen LogP contribution in [-0.2, 0) is 14.3 Å². The SMILES string of the molecule is C=CCO[C@@H](C)C(=O)NCCC(=O)Nc1ccc(Br)cc1. The molecule has 1 atom stereocenters. The lowest BCUT2D eigenvalue weighted by Gasteiger charge is -2.12. The van der Waals surface area contributed by atoms with Crippen LogP contribution in [0.15, 0.2) is 41.4 Å². The minimum Gasteiger partial charge on any atom is -0.365 e. The molecule has 0 aliphatic carbocycles. The maximum atomic E-state index is 11.7. The van der Waals surface area contributed by atoms with Crippen molar-refractivity contribution in [2.24, 2.45) is 0 Å². The molecule has 2 amide bonds. The zero-order valence-corrected chi connectivity index (χ0v) is 13.5. The number of halogens is 1. The molecule has 0 spiro atoms. The molecule has 0 aliphatic heterocycles. The van der Waals surface area contributed by atoms with Gasteiger partial charge in [-0.15, -0.1) is 6.58 Å². The topological polar surface area (TPSA) is 67.4 Å². The van der Waals surface area contributed by atoms with E-state index in [0.29, 0.717) is 6.61 Å². The van der Waals surface area contributed by atoms with Crippen LogP contribution in [0.5, 0.6) is 0 Å². The van der Waals surface area contributed by atoms with E-state index in [0.717, 1.165) is 10.2 Å². The van der Waals surface area contributed by atoms with Gasteiger partial charge in [-0.05, 0) is 31.2 Å². The maximum absolute atomic E-state index is 11.7. The van der Waals surface area contributed by atoms with E-state index in [4.69, 9.17) is 4.74 Å². The number of rotatable bonds is 8. The predicted octanol–water partition coefficient (Wildman–Crippen LogP) is 2.49. The monoisotopic (exact) mass is 354 g/mol. The van der Waals surface area contributed by atoms with Crippen LogP contribution in [0.25, 0.3) is 0 Å². The molecule has 6 heteroatoms. The molecule has 21 heavy (non-hydrogen) atoms. The fraction of sp³-hybridized carbons (Fsp3) is 0.333. The van der Waals surface area contributed by atoms with Gasteiger partial charge in [0.2, 0.25) is 11.8 Å². The van der Waals surface area contributed by atoms with Gasteiger partial charge in [0.25, 0.3) is 0 Å². The summed E-state index contributed by atoms with van der Waals surface area (Å²) in [4.78, 5) is 23.3. The summed E-state index contributed by atoms with van der Waals surface area (Å²) in [6.07, 6.45) is 1.23. The summed E-state index contributed by atoms with van der Waals surface area (Å²) in [5, 5.41) is 5.40. The minimum atomic E-state index is -0.558. The van der Waals surface area contributed by atoms with Gasteiger partial charge in [-0.1, -0.05) is 22.0 Å². The van der Waals surface area contributed by atoms with Crippen molar-refractivity contribution in [1.82, 2.24) is 5.32 Å². The summed E-state index contributed by atoms with van der Waals surface area (Å²) < 4.78 is 6.13. The van der Waals surface area contributed by atoms with E-state index in [-0.39, 0.29) is 24.8 Å². The van der Waals surface area contributed by atoms with Gasteiger partial charge in [-0.3, -0.25) is 9.59 Å². The maximum Gasteiger partial charge on any atom is 0.248 e. The average molecular weight is 355 g/mol. The summed E-state index contributed by atoms with van der Waals surface area (Å²) in [7, 11) is 0. The van der Waals surface area contributed by atoms with Crippen LogP contribution in [0.2, 0.25) is 0 Å². The Kier molecular flexibility index (Phi) is 7.71. The number of hydrogen-bond acceptors (Lipinski definition) is 3. The molecule has 1 aromatic carbocycles. The first-order valence-corrected chi connectivity index (χ1v) is 7.38. The minimum absolute atomic E-state index is 0.155. The van der Waals surface area contributed by atoms with Crippen molar-refractivity contribution in [3.63, 3.8) is 0 Å². The molecule has 1 rings (SSSR count). The van der Waals surface area contributed by atoms with Gasteiger partial charge < -0.3 is 15.4 Å². The van der Waals surface area contributed by atoms with Crippen LogP contribution in [0.1, 0.15) is 13.3 Å². The van der Waals surface area contributed by atoms with E-state index in [1.54, 1.807) is 25.1 Å². The Bertz CT molecular complexity index is 488. The Morgan fingerprint density at radius 1 is 1.38 bits per heavy atom. The number of carbonyl (C=O) groups excluding carboxylic acids is 2. The van der Waals surface area contributed by atoms with E-state index >= 15 is 0 Å². The van der Waals surface area contributed by atoms with Gasteiger partial charge in [0.05, 0.1) is 6.61 Å². The first-order valence-electron chi connectivity index (χ1n) is 6.58. The fourth-order valence-corrected chi connectivity index (χ4v) is 1.75. The Labute approximate surface area is 132 Å². The van der Waals surface area contributed by atoms with Crippen molar-refractivity contribution < 1.29 is 14.3 Å². The molecule has 0 radical (unpaired) electrons. The fourth-order valence-electron chi connectivity index (χ4n) is 1.49. The first-order chi connectivity index (χ1) is 10.0. The Balaban J connectivity index is 2.25. The van der Waals surface area contributed by atoms with Crippen molar-refractivity contribution in [3.05, 3.63) is 41.4 Å². The highest BCUT2D eigenvalue weighted by molar-refractivity contribution is 9.10. The summed E-state index contributed by atoms with van der Waals surface area (Å²) in [6.45, 7) is 5.75. The molecule has 0 bridgehead atoms. The average Bonchev–Trinajstić information content (AvgIpc) is 2.47. The molecule has 0 aliphatic rings. The molecule has 5 nitrogen and oxygen atoms in total. The predicted molar refractivity (Wildman–Crippen MR) is 86.0 cm³/mol. The van der Waals surface area contributed by atoms with Crippen LogP contribution in [-0.4, -0.2) is 31.1 Å². The highest BCUT2D eigenvalue weighted by Crippen LogP contribution is 2.14. The normalized spacial score (nSPS) is 11.5. The molecule has 0 aromatic heterocycles. The highest BCUT2D eigenvalue weighted by atomic mass is 79.9. The highest BCUT2D eigenvalue weighted by Gasteiger charge is 2.12. The molecule has 114 valence electrons. The van der Waals surface area contributed by atoms with Gasteiger partial charge in [-0.2, -0.15) is 0 Å². The number of hydrogen-bond donors (Lipinski definition) is 2. The standard InChI is InChI=1S/C15H19BrN2O3/c1-3-10-21-11(2)15(20)17-9-8-14(19)18-13-6-4-12(16)5-7-13/h3-7,11H,1,8-10H2,2H3,(H,17,20)(H,18,19)/t11-/m0/s1. The van der Waals surface area contributed by atoms with E-state index in [1.165, 1.54) is 0 Å². The third-order valence-electron chi connectivity index (χ3n) is 2.61. The van der Waals surface area contributed by atoms with Gasteiger partial charge in [0, 0.05) is 23.1 Å². The quantitative estimate of drug-likeness (QED) is 0.704. The number of ether oxygens (including phenoxy) is 1. The second-order valence-electron chi connectivity index (χ2n) is 4.36. The smallest absolute Gasteiger partial charge is 0.248 e. The van der Waals surface area contributed by atoms with Gasteiger partial charge in [-0.25, -0.2) is 0 Å². The van der Waals surface area contributed by atoms with E-state index < -0.39 is 6.10 Å². The third kappa shape index (κ3) is 7.06. The lowest BCUT2D eigenvalue weighted by molar-refractivity contribution is -0.131. The lowest BCUT2D eigenvalue weighted by Crippen LogP contribution is -2.36. The second-order valence-corrected chi connectivity index (χ2v) is 5.28. The second kappa shape index (κ2) is 9.31. The van der Waals surface area contributed by atoms with Crippen LogP contribution >= 0.6 is 15.9 Å². The first kappa shape index (κ1) is 17.4. The molecule has 0 saturated heterocycles. The summed E-state index contributed by atoms with van der Waals surface area (Å²) in [6, 6.07) is 7.28. The Morgan fingerprint density at radius 3 is 2.67 bits per heavy atom. The third-order valence-corrected chi connectivity index (χ3v) is 3.14. The number of benzene rings is 1. The number of amides is 2. The molecule has 2 N–H and O–H groups in total. The Hall–Kier alpha value is -1.66. The van der Waals surface area contributed by atoms with Gasteiger partial charge >= 0.3 is 0 Å². The van der Waals surface area contributed by atoms with Crippen molar-refractivity contribution in [3.8, 4) is 0 Å². The number of nitrogens with one attached hydrogen (secondary N) is 2. The van der Waals surface area contributed by atoms with Crippen molar-refractivity contribution in [2.75, 3.05) is 18.5 Å². The number of carbonyl (C=O) groups is 2. The molecular weight excluding hydrogens is 336 g/mol. The molecular formula is C15H19BrN2O3. The zero-order valence-electron chi connectivity index (χ0n) is 11.9. The largest absolute Gasteiger partial charge is 0.365 e. The van der Waals surface area contributed by atoms with Crippen molar-refractivity contribution in [1.29, 1.82) is 0 Å². The van der Waals surface area contributed by atoms with E-state index in [1.807, 2.05) is 12.1 Å². The summed E-state index contributed by atoms with van der Waals surface area (Å²) in [5.41, 5.74) is 0.720. The summed E-state index contributed by atoms with van der Waals surface area (Å²) >= 11 is 3.32. The van der Waals surface area contributed by atoms with E-state index in [2.05, 4.69) is 33.1 Å². The molecule has 0 saturated carbocycles. The molecule has 0 unspecified atom stereocenters. The van der Waals surface area contributed by atoms with E-state index in [9.17, 15) is 9.59 Å². The van der Waals surface area contributed by atoms with Crippen LogP contribution in [0, 0.1) is 0 Å². The molecule has 1 aromatic rings. The lowest BCUT2D eigenvalue weighted by atomic mass is 10.3. The van der Waals surface area contributed by atoms with Crippen molar-refractivity contribution >= 4 is 33.4 Å².